The van der Waals surface area contributed by atoms with Crippen molar-refractivity contribution in [2.75, 3.05) is 6.54 Å². The van der Waals surface area contributed by atoms with Gasteiger partial charge in [0.2, 0.25) is 11.1 Å². The van der Waals surface area contributed by atoms with Crippen LogP contribution in [0.4, 0.5) is 4.79 Å². The number of amides is 3. The lowest BCUT2D eigenvalue weighted by molar-refractivity contribution is -0.119. The Labute approximate surface area is 127 Å². The van der Waals surface area contributed by atoms with Crippen LogP contribution in [0.5, 0.6) is 0 Å². The molecular formula is C12H20N6O2S. The summed E-state index contributed by atoms with van der Waals surface area (Å²) in [6.07, 6.45) is 2.13. The molecule has 0 aliphatic heterocycles. The van der Waals surface area contributed by atoms with E-state index in [1.807, 2.05) is 13.8 Å². The molecule has 1 aliphatic carbocycles. The molecule has 1 aliphatic rings. The Balaban J connectivity index is 1.82. The Hall–Kier alpha value is -1.64. The molecule has 0 radical (unpaired) electrons. The molecule has 0 saturated heterocycles. The summed E-state index contributed by atoms with van der Waals surface area (Å²) in [5.74, 6) is -0.0209. The fourth-order valence-electron chi connectivity index (χ4n) is 1.58. The van der Waals surface area contributed by atoms with Crippen molar-refractivity contribution < 1.29 is 9.59 Å². The van der Waals surface area contributed by atoms with E-state index in [1.165, 1.54) is 11.8 Å². The number of nitrogens with one attached hydrogen (secondary N) is 2. The Bertz CT molecular complexity index is 514. The van der Waals surface area contributed by atoms with Gasteiger partial charge in [0.25, 0.3) is 0 Å². The number of hydrogen-bond donors (Lipinski definition) is 2. The number of urea groups is 1. The molecule has 1 unspecified atom stereocenters. The smallest absolute Gasteiger partial charge is 0.321 e. The number of imide groups is 1. The SMILES string of the molecule is CC(C)CNC(=O)NC(=O)C(C)Sc1nnnn1C1CC1. The minimum atomic E-state index is -0.470. The second kappa shape index (κ2) is 6.88. The molecule has 116 valence electrons. The number of tetrazole rings is 1. The minimum absolute atomic E-state index is 0.334. The molecule has 1 heterocycles. The van der Waals surface area contributed by atoms with Gasteiger partial charge in [-0.1, -0.05) is 25.6 Å². The van der Waals surface area contributed by atoms with E-state index in [1.54, 1.807) is 11.6 Å². The summed E-state index contributed by atoms with van der Waals surface area (Å²) in [5.41, 5.74) is 0. The second-order valence-corrected chi connectivity index (χ2v) is 6.80. The van der Waals surface area contributed by atoms with E-state index in [4.69, 9.17) is 0 Å². The maximum atomic E-state index is 12.0. The van der Waals surface area contributed by atoms with Crippen LogP contribution >= 0.6 is 11.8 Å². The lowest BCUT2D eigenvalue weighted by Crippen LogP contribution is -2.43. The molecule has 0 aromatic carbocycles. The average Bonchev–Trinajstić information content (AvgIpc) is 3.17. The molecule has 9 heteroatoms. The molecule has 3 amide bonds. The fraction of sp³-hybridized carbons (Fsp3) is 0.750. The van der Waals surface area contributed by atoms with Gasteiger partial charge in [0.15, 0.2) is 0 Å². The monoisotopic (exact) mass is 312 g/mol. The number of aromatic nitrogens is 4. The highest BCUT2D eigenvalue weighted by Gasteiger charge is 2.29. The van der Waals surface area contributed by atoms with Gasteiger partial charge in [-0.05, 0) is 36.1 Å². The zero-order chi connectivity index (χ0) is 15.4. The summed E-state index contributed by atoms with van der Waals surface area (Å²) in [5, 5.41) is 16.6. The number of rotatable bonds is 6. The van der Waals surface area contributed by atoms with Crippen molar-refractivity contribution in [3.63, 3.8) is 0 Å². The number of thioether (sulfide) groups is 1. The Morgan fingerprint density at radius 2 is 2.10 bits per heavy atom. The quantitative estimate of drug-likeness (QED) is 0.759. The first-order chi connectivity index (χ1) is 9.97. The molecule has 21 heavy (non-hydrogen) atoms. The third-order valence-corrected chi connectivity index (χ3v) is 3.96. The van der Waals surface area contributed by atoms with Gasteiger partial charge in [0.05, 0.1) is 11.3 Å². The van der Waals surface area contributed by atoms with Crippen LogP contribution in [-0.2, 0) is 4.79 Å². The maximum absolute atomic E-state index is 12.0. The summed E-state index contributed by atoms with van der Waals surface area (Å²) < 4.78 is 1.74. The van der Waals surface area contributed by atoms with Crippen molar-refractivity contribution in [3.8, 4) is 0 Å². The summed E-state index contributed by atoms with van der Waals surface area (Å²) in [7, 11) is 0. The highest BCUT2D eigenvalue weighted by Crippen LogP contribution is 2.37. The Morgan fingerprint density at radius 1 is 1.38 bits per heavy atom. The Kier molecular flexibility index (Phi) is 5.16. The van der Waals surface area contributed by atoms with Gasteiger partial charge >= 0.3 is 6.03 Å². The van der Waals surface area contributed by atoms with Crippen molar-refractivity contribution in [2.45, 2.75) is 50.1 Å². The van der Waals surface area contributed by atoms with E-state index in [9.17, 15) is 9.59 Å². The molecule has 0 spiro atoms. The number of carbonyl (C=O) groups excluding carboxylic acids is 2. The van der Waals surface area contributed by atoms with Crippen LogP contribution in [0.2, 0.25) is 0 Å². The summed E-state index contributed by atoms with van der Waals surface area (Å²) in [6, 6.07) is -0.116. The lowest BCUT2D eigenvalue weighted by Gasteiger charge is -2.12. The van der Waals surface area contributed by atoms with E-state index in [0.29, 0.717) is 23.7 Å². The first kappa shape index (κ1) is 15.7. The molecule has 2 rings (SSSR count). The molecule has 1 aromatic rings. The summed E-state index contributed by atoms with van der Waals surface area (Å²) >= 11 is 1.25. The fourth-order valence-corrected chi connectivity index (χ4v) is 2.44. The summed E-state index contributed by atoms with van der Waals surface area (Å²) in [4.78, 5) is 23.5. The van der Waals surface area contributed by atoms with Crippen LogP contribution in [0, 0.1) is 5.92 Å². The van der Waals surface area contributed by atoms with E-state index < -0.39 is 11.3 Å². The zero-order valence-electron chi connectivity index (χ0n) is 12.4. The predicted molar refractivity (Wildman–Crippen MR) is 77.8 cm³/mol. The molecule has 2 N–H and O–H groups in total. The molecule has 0 bridgehead atoms. The van der Waals surface area contributed by atoms with Crippen LogP contribution in [-0.4, -0.2) is 43.9 Å². The van der Waals surface area contributed by atoms with Crippen molar-refractivity contribution in [3.05, 3.63) is 0 Å². The van der Waals surface area contributed by atoms with Gasteiger partial charge in [-0.2, -0.15) is 0 Å². The first-order valence-corrected chi connectivity index (χ1v) is 7.88. The highest BCUT2D eigenvalue weighted by atomic mass is 32.2. The Morgan fingerprint density at radius 3 is 2.71 bits per heavy atom. The van der Waals surface area contributed by atoms with Gasteiger partial charge in [0, 0.05) is 6.54 Å². The van der Waals surface area contributed by atoms with Crippen molar-refractivity contribution >= 4 is 23.7 Å². The number of hydrogen-bond acceptors (Lipinski definition) is 6. The van der Waals surface area contributed by atoms with Gasteiger partial charge in [-0.3, -0.25) is 10.1 Å². The molecule has 1 saturated carbocycles. The first-order valence-electron chi connectivity index (χ1n) is 7.00. The van der Waals surface area contributed by atoms with E-state index in [-0.39, 0.29) is 5.91 Å². The zero-order valence-corrected chi connectivity index (χ0v) is 13.2. The molecule has 8 nitrogen and oxygen atoms in total. The third-order valence-electron chi connectivity index (χ3n) is 2.91. The second-order valence-electron chi connectivity index (χ2n) is 5.49. The normalized spacial score (nSPS) is 15.8. The van der Waals surface area contributed by atoms with Gasteiger partial charge in [-0.25, -0.2) is 9.48 Å². The topological polar surface area (TPSA) is 102 Å². The molecular weight excluding hydrogens is 292 g/mol. The van der Waals surface area contributed by atoms with E-state index in [2.05, 4.69) is 26.2 Å². The molecule has 1 aromatic heterocycles. The van der Waals surface area contributed by atoms with Gasteiger partial charge < -0.3 is 5.32 Å². The van der Waals surface area contributed by atoms with Crippen LogP contribution in [0.1, 0.15) is 39.7 Å². The predicted octanol–water partition coefficient (Wildman–Crippen LogP) is 0.970. The summed E-state index contributed by atoms with van der Waals surface area (Å²) in [6.45, 7) is 6.22. The van der Waals surface area contributed by atoms with Crippen LogP contribution in [0.3, 0.4) is 0 Å². The lowest BCUT2D eigenvalue weighted by atomic mass is 10.2. The van der Waals surface area contributed by atoms with E-state index in [0.717, 1.165) is 12.8 Å². The molecule has 1 atom stereocenters. The van der Waals surface area contributed by atoms with Gasteiger partial charge in [0.1, 0.15) is 0 Å². The van der Waals surface area contributed by atoms with Gasteiger partial charge in [-0.15, -0.1) is 5.10 Å². The van der Waals surface area contributed by atoms with Crippen molar-refractivity contribution in [2.24, 2.45) is 5.92 Å². The largest absolute Gasteiger partial charge is 0.338 e. The maximum Gasteiger partial charge on any atom is 0.321 e. The number of carbonyl (C=O) groups is 2. The number of nitrogens with zero attached hydrogens (tertiary/aromatic N) is 4. The average molecular weight is 312 g/mol. The van der Waals surface area contributed by atoms with Crippen LogP contribution in [0.15, 0.2) is 5.16 Å². The van der Waals surface area contributed by atoms with Crippen molar-refractivity contribution in [1.29, 1.82) is 0 Å². The third kappa shape index (κ3) is 4.69. The van der Waals surface area contributed by atoms with Crippen LogP contribution in [0.25, 0.3) is 0 Å². The molecule has 1 fully saturated rings. The highest BCUT2D eigenvalue weighted by molar-refractivity contribution is 8.00. The standard InChI is InChI=1S/C12H20N6O2S/c1-7(2)6-13-11(20)14-10(19)8(3)21-12-15-16-17-18(12)9-4-5-9/h7-9H,4-6H2,1-3H3,(H2,13,14,19,20). The van der Waals surface area contributed by atoms with E-state index >= 15 is 0 Å². The minimum Gasteiger partial charge on any atom is -0.338 e. The van der Waals surface area contributed by atoms with Crippen LogP contribution < -0.4 is 10.6 Å². The van der Waals surface area contributed by atoms with Crippen molar-refractivity contribution in [1.82, 2.24) is 30.8 Å².